The number of benzene rings is 1. The summed E-state index contributed by atoms with van der Waals surface area (Å²) in [6, 6.07) is 12.4. The van der Waals surface area contributed by atoms with E-state index in [4.69, 9.17) is 0 Å². The topological polar surface area (TPSA) is 24.9 Å². The quantitative estimate of drug-likeness (QED) is 0.833. The van der Waals surface area contributed by atoms with Crippen molar-refractivity contribution in [1.29, 1.82) is 0 Å². The second-order valence-corrected chi connectivity index (χ2v) is 4.15. The molecular formula is C14H16N2. The zero-order valence-corrected chi connectivity index (χ0v) is 9.64. The Kier molecular flexibility index (Phi) is 3.20. The van der Waals surface area contributed by atoms with E-state index in [-0.39, 0.29) is 0 Å². The fraction of sp³-hybridized carbons (Fsp3) is 0.214. The summed E-state index contributed by atoms with van der Waals surface area (Å²) in [5.74, 6) is 0.552. The average molecular weight is 212 g/mol. The van der Waals surface area contributed by atoms with Gasteiger partial charge < -0.3 is 5.32 Å². The minimum absolute atomic E-state index is 0.552. The van der Waals surface area contributed by atoms with Crippen LogP contribution in [0.4, 0.5) is 11.4 Å². The molecule has 0 aliphatic carbocycles. The molecule has 1 aromatic heterocycles. The van der Waals surface area contributed by atoms with Crippen LogP contribution in [0.25, 0.3) is 0 Å². The summed E-state index contributed by atoms with van der Waals surface area (Å²) in [6.45, 7) is 4.40. The third-order valence-corrected chi connectivity index (χ3v) is 2.50. The third-order valence-electron chi connectivity index (χ3n) is 2.50. The Morgan fingerprint density at radius 1 is 1.06 bits per heavy atom. The van der Waals surface area contributed by atoms with Crippen molar-refractivity contribution in [3.05, 3.63) is 54.4 Å². The molecule has 0 aliphatic rings. The summed E-state index contributed by atoms with van der Waals surface area (Å²) in [7, 11) is 0. The second kappa shape index (κ2) is 4.79. The van der Waals surface area contributed by atoms with Crippen LogP contribution < -0.4 is 5.32 Å². The van der Waals surface area contributed by atoms with Gasteiger partial charge in [-0.3, -0.25) is 4.98 Å². The van der Waals surface area contributed by atoms with E-state index in [2.05, 4.69) is 48.4 Å². The lowest BCUT2D eigenvalue weighted by molar-refractivity contribution is 0.867. The highest BCUT2D eigenvalue weighted by Crippen LogP contribution is 2.21. The minimum atomic E-state index is 0.552. The Balaban J connectivity index is 2.19. The number of hydrogen-bond donors (Lipinski definition) is 1. The molecule has 16 heavy (non-hydrogen) atoms. The number of nitrogens with zero attached hydrogens (tertiary/aromatic N) is 1. The molecule has 1 aromatic carbocycles. The van der Waals surface area contributed by atoms with Crippen molar-refractivity contribution in [3.63, 3.8) is 0 Å². The average Bonchev–Trinajstić information content (AvgIpc) is 2.30. The summed E-state index contributed by atoms with van der Waals surface area (Å²) < 4.78 is 0. The first-order valence-corrected chi connectivity index (χ1v) is 5.53. The number of rotatable bonds is 3. The summed E-state index contributed by atoms with van der Waals surface area (Å²) in [4.78, 5) is 4.08. The number of anilines is 2. The molecule has 0 saturated carbocycles. The normalized spacial score (nSPS) is 10.4. The van der Waals surface area contributed by atoms with Crippen molar-refractivity contribution < 1.29 is 0 Å². The summed E-state index contributed by atoms with van der Waals surface area (Å²) >= 11 is 0. The number of hydrogen-bond acceptors (Lipinski definition) is 2. The number of pyridine rings is 1. The largest absolute Gasteiger partial charge is 0.354 e. The van der Waals surface area contributed by atoms with Crippen LogP contribution in [0.2, 0.25) is 0 Å². The molecular weight excluding hydrogens is 196 g/mol. The first-order valence-electron chi connectivity index (χ1n) is 5.53. The molecule has 2 rings (SSSR count). The van der Waals surface area contributed by atoms with Gasteiger partial charge >= 0.3 is 0 Å². The van der Waals surface area contributed by atoms with Gasteiger partial charge in [-0.2, -0.15) is 0 Å². The standard InChI is InChI=1S/C14H16N2/c1-11(2)12-5-3-6-13(9-12)16-14-7-4-8-15-10-14/h3-11,16H,1-2H3. The molecule has 0 atom stereocenters. The smallest absolute Gasteiger partial charge is 0.0570 e. The van der Waals surface area contributed by atoms with E-state index >= 15 is 0 Å². The van der Waals surface area contributed by atoms with Gasteiger partial charge in [-0.05, 0) is 35.7 Å². The van der Waals surface area contributed by atoms with E-state index in [9.17, 15) is 0 Å². The molecule has 2 heteroatoms. The number of nitrogens with one attached hydrogen (secondary N) is 1. The second-order valence-electron chi connectivity index (χ2n) is 4.15. The lowest BCUT2D eigenvalue weighted by Gasteiger charge is -2.09. The molecule has 1 N–H and O–H groups in total. The molecule has 0 radical (unpaired) electrons. The van der Waals surface area contributed by atoms with Crippen LogP contribution in [-0.2, 0) is 0 Å². The Hall–Kier alpha value is -1.83. The molecule has 1 heterocycles. The molecule has 82 valence electrons. The van der Waals surface area contributed by atoms with Crippen LogP contribution in [0.15, 0.2) is 48.8 Å². The lowest BCUT2D eigenvalue weighted by atomic mass is 10.0. The zero-order chi connectivity index (χ0) is 11.4. The van der Waals surface area contributed by atoms with Gasteiger partial charge in [0.2, 0.25) is 0 Å². The fourth-order valence-corrected chi connectivity index (χ4v) is 1.58. The van der Waals surface area contributed by atoms with Crippen LogP contribution in [0.3, 0.4) is 0 Å². The van der Waals surface area contributed by atoms with Gasteiger partial charge in [-0.15, -0.1) is 0 Å². The Bertz CT molecular complexity index is 449. The van der Waals surface area contributed by atoms with Gasteiger partial charge in [0.15, 0.2) is 0 Å². The van der Waals surface area contributed by atoms with E-state index in [1.165, 1.54) is 5.56 Å². The van der Waals surface area contributed by atoms with E-state index in [1.54, 1.807) is 6.20 Å². The van der Waals surface area contributed by atoms with E-state index in [1.807, 2.05) is 18.3 Å². The van der Waals surface area contributed by atoms with Crippen LogP contribution >= 0.6 is 0 Å². The van der Waals surface area contributed by atoms with Crippen molar-refractivity contribution in [3.8, 4) is 0 Å². The highest BCUT2D eigenvalue weighted by atomic mass is 14.9. The van der Waals surface area contributed by atoms with Crippen molar-refractivity contribution in [1.82, 2.24) is 4.98 Å². The fourth-order valence-electron chi connectivity index (χ4n) is 1.58. The maximum Gasteiger partial charge on any atom is 0.0570 e. The Labute approximate surface area is 96.4 Å². The van der Waals surface area contributed by atoms with E-state index < -0.39 is 0 Å². The van der Waals surface area contributed by atoms with Gasteiger partial charge in [0.25, 0.3) is 0 Å². The van der Waals surface area contributed by atoms with Crippen molar-refractivity contribution in [2.75, 3.05) is 5.32 Å². The minimum Gasteiger partial charge on any atom is -0.354 e. The van der Waals surface area contributed by atoms with Crippen molar-refractivity contribution >= 4 is 11.4 Å². The highest BCUT2D eigenvalue weighted by Gasteiger charge is 2.00. The van der Waals surface area contributed by atoms with Gasteiger partial charge in [-0.25, -0.2) is 0 Å². The molecule has 2 nitrogen and oxygen atoms in total. The molecule has 0 saturated heterocycles. The molecule has 0 unspecified atom stereocenters. The van der Waals surface area contributed by atoms with Gasteiger partial charge in [0.1, 0.15) is 0 Å². The SMILES string of the molecule is CC(C)c1cccc(Nc2cccnc2)c1. The maximum atomic E-state index is 4.08. The van der Waals surface area contributed by atoms with Crippen LogP contribution in [-0.4, -0.2) is 4.98 Å². The monoisotopic (exact) mass is 212 g/mol. The summed E-state index contributed by atoms with van der Waals surface area (Å²) in [5.41, 5.74) is 3.47. The summed E-state index contributed by atoms with van der Waals surface area (Å²) in [5, 5.41) is 3.34. The molecule has 0 spiro atoms. The Morgan fingerprint density at radius 2 is 1.88 bits per heavy atom. The molecule has 0 bridgehead atoms. The van der Waals surface area contributed by atoms with E-state index in [0.717, 1.165) is 11.4 Å². The predicted octanol–water partition coefficient (Wildman–Crippen LogP) is 3.95. The zero-order valence-electron chi connectivity index (χ0n) is 9.64. The Morgan fingerprint density at radius 3 is 2.56 bits per heavy atom. The van der Waals surface area contributed by atoms with E-state index in [0.29, 0.717) is 5.92 Å². The first-order chi connectivity index (χ1) is 7.75. The maximum absolute atomic E-state index is 4.08. The lowest BCUT2D eigenvalue weighted by Crippen LogP contribution is -1.93. The van der Waals surface area contributed by atoms with Gasteiger partial charge in [-0.1, -0.05) is 26.0 Å². The first kappa shape index (κ1) is 10.7. The van der Waals surface area contributed by atoms with Crippen LogP contribution in [0.5, 0.6) is 0 Å². The predicted molar refractivity (Wildman–Crippen MR) is 68.1 cm³/mol. The van der Waals surface area contributed by atoms with Gasteiger partial charge in [0, 0.05) is 11.9 Å². The van der Waals surface area contributed by atoms with Crippen molar-refractivity contribution in [2.45, 2.75) is 19.8 Å². The molecule has 0 amide bonds. The van der Waals surface area contributed by atoms with Crippen molar-refractivity contribution in [2.24, 2.45) is 0 Å². The summed E-state index contributed by atoms with van der Waals surface area (Å²) in [6.07, 6.45) is 3.60. The molecule has 2 aromatic rings. The van der Waals surface area contributed by atoms with Crippen LogP contribution in [0, 0.1) is 0 Å². The third kappa shape index (κ3) is 2.60. The van der Waals surface area contributed by atoms with Crippen LogP contribution in [0.1, 0.15) is 25.3 Å². The highest BCUT2D eigenvalue weighted by molar-refractivity contribution is 5.59. The molecule has 0 aliphatic heterocycles. The van der Waals surface area contributed by atoms with Gasteiger partial charge in [0.05, 0.1) is 11.9 Å². The number of aromatic nitrogens is 1. The molecule has 0 fully saturated rings.